The Bertz CT molecular complexity index is 3060. The molecule has 0 spiro atoms. The largest absolute Gasteiger partial charge is 0.355 e. The topological polar surface area (TPSA) is 92.2 Å². The summed E-state index contributed by atoms with van der Waals surface area (Å²) in [5, 5.41) is 3.98. The Hall–Kier alpha value is -7.64. The number of benzene rings is 3. The van der Waals surface area contributed by atoms with E-state index in [1.807, 2.05) is 24.8 Å². The number of H-pyrrole nitrogens is 4. The Kier molecular flexibility index (Phi) is 8.45. The van der Waals surface area contributed by atoms with Gasteiger partial charge in [-0.05, 0) is 146 Å². The van der Waals surface area contributed by atoms with Crippen LogP contribution in [0.5, 0.6) is 0 Å². The predicted molar refractivity (Wildman–Crippen MR) is 229 cm³/mol. The molecule has 0 radical (unpaired) electrons. The van der Waals surface area contributed by atoms with Crippen molar-refractivity contribution in [3.8, 4) is 0 Å². The molecule has 7 nitrogen and oxygen atoms in total. The highest BCUT2D eigenvalue weighted by Gasteiger charge is 2.18. The molecule has 0 amide bonds. The molecule has 9 aromatic rings. The molecular formula is C50H39N7. The normalized spacial score (nSPS) is 12.4. The van der Waals surface area contributed by atoms with E-state index in [1.165, 1.54) is 11.1 Å². The van der Waals surface area contributed by atoms with Crippen molar-refractivity contribution >= 4 is 39.9 Å². The van der Waals surface area contributed by atoms with Crippen LogP contribution in [-0.2, 0) is 0 Å². The monoisotopic (exact) mass is 737 g/mol. The Morgan fingerprint density at radius 3 is 1.32 bits per heavy atom. The molecule has 0 atom stereocenters. The van der Waals surface area contributed by atoms with Crippen LogP contribution in [0, 0.1) is 13.8 Å². The van der Waals surface area contributed by atoms with Crippen molar-refractivity contribution in [1.29, 1.82) is 0 Å². The van der Waals surface area contributed by atoms with Gasteiger partial charge in [0.15, 0.2) is 0 Å². The Morgan fingerprint density at radius 1 is 0.368 bits per heavy atom. The Balaban J connectivity index is 1.21. The fraction of sp³-hybridized carbons (Fsp3) is 0.0400. The number of anilines is 3. The molecule has 4 N–H and O–H groups in total. The number of hydrogen-bond donors (Lipinski definition) is 4. The molecule has 0 saturated carbocycles. The van der Waals surface area contributed by atoms with E-state index in [-0.39, 0.29) is 0 Å². The molecule has 10 rings (SSSR count). The van der Waals surface area contributed by atoms with E-state index in [2.05, 4.69) is 200 Å². The summed E-state index contributed by atoms with van der Waals surface area (Å²) in [7, 11) is 0. The van der Waals surface area contributed by atoms with Crippen LogP contribution in [0.2, 0.25) is 0 Å². The number of rotatable bonds is 6. The maximum atomic E-state index is 4.32. The third-order valence-electron chi connectivity index (χ3n) is 10.7. The van der Waals surface area contributed by atoms with Gasteiger partial charge in [0.05, 0.1) is 0 Å². The highest BCUT2D eigenvalue weighted by atomic mass is 15.1. The molecule has 0 unspecified atom stereocenters. The number of fused-ring (bicyclic) bond motifs is 8. The zero-order valence-electron chi connectivity index (χ0n) is 31.6. The van der Waals surface area contributed by atoms with E-state index in [9.17, 15) is 0 Å². The number of pyridine rings is 2. The summed E-state index contributed by atoms with van der Waals surface area (Å²) in [5.41, 5.74) is 16.1. The van der Waals surface area contributed by atoms with E-state index in [0.717, 1.165) is 94.6 Å². The lowest BCUT2D eigenvalue weighted by molar-refractivity contribution is 1.19. The summed E-state index contributed by atoms with van der Waals surface area (Å²) in [6.45, 7) is 4.25. The average molecular weight is 738 g/mol. The van der Waals surface area contributed by atoms with Crippen LogP contribution in [0.3, 0.4) is 0 Å². The van der Waals surface area contributed by atoms with Gasteiger partial charge in [-0.3, -0.25) is 9.97 Å². The van der Waals surface area contributed by atoms with Gasteiger partial charge in [0.25, 0.3) is 0 Å². The zero-order valence-corrected chi connectivity index (χ0v) is 31.6. The van der Waals surface area contributed by atoms with Gasteiger partial charge < -0.3 is 24.8 Å². The van der Waals surface area contributed by atoms with Crippen LogP contribution < -0.4 is 26.3 Å². The second-order valence-corrected chi connectivity index (χ2v) is 14.5. The van der Waals surface area contributed by atoms with E-state index >= 15 is 0 Å². The summed E-state index contributed by atoms with van der Waals surface area (Å²) < 4.78 is 0. The molecule has 1 aliphatic rings. The molecule has 0 aliphatic carbocycles. The highest BCUT2D eigenvalue weighted by molar-refractivity contribution is 5.84. The standard InChI is InChI=1S/C50H39N7/c1-32-3-11-39(12-4-32)57(40-13-5-33(2)6-14-40)41-15-7-34(8-16-41)48-44-19-21-46(55-44)49(35-23-27-51-28-24-35)42-17-9-37(53-42)31-38-10-18-43(54-38)50(36-25-29-52-30-26-36)47-22-20-45(48)56-47/h3-31,53-56H,1-2H3. The van der Waals surface area contributed by atoms with Gasteiger partial charge in [0.1, 0.15) is 0 Å². The number of nitrogens with one attached hydrogen (secondary N) is 4. The van der Waals surface area contributed by atoms with Gasteiger partial charge in [0.2, 0.25) is 0 Å². The van der Waals surface area contributed by atoms with E-state index < -0.39 is 0 Å². The summed E-state index contributed by atoms with van der Waals surface area (Å²) in [5.74, 6) is 0. The lowest BCUT2D eigenvalue weighted by Crippen LogP contribution is -2.18. The lowest BCUT2D eigenvalue weighted by atomic mass is 10.0. The molecule has 6 aromatic heterocycles. The van der Waals surface area contributed by atoms with Crippen LogP contribution in [0.15, 0.2) is 170 Å². The van der Waals surface area contributed by atoms with Gasteiger partial charge >= 0.3 is 0 Å². The van der Waals surface area contributed by atoms with E-state index in [4.69, 9.17) is 0 Å². The van der Waals surface area contributed by atoms with Gasteiger partial charge in [0, 0.05) is 103 Å². The van der Waals surface area contributed by atoms with Crippen LogP contribution in [-0.4, -0.2) is 29.9 Å². The molecule has 1 aliphatic heterocycles. The molecule has 7 heterocycles. The van der Waals surface area contributed by atoms with Gasteiger partial charge in [-0.15, -0.1) is 0 Å². The molecule has 0 fully saturated rings. The lowest BCUT2D eigenvalue weighted by Gasteiger charge is -2.26. The summed E-state index contributed by atoms with van der Waals surface area (Å²) in [4.78, 5) is 26.1. The number of hydrogen-bond acceptors (Lipinski definition) is 3. The van der Waals surface area contributed by atoms with Crippen molar-refractivity contribution in [3.63, 3.8) is 0 Å². The van der Waals surface area contributed by atoms with Crippen LogP contribution in [0.1, 0.15) is 50.6 Å². The summed E-state index contributed by atoms with van der Waals surface area (Å²) in [6.07, 6.45) is 9.51. The quantitative estimate of drug-likeness (QED) is 0.141. The van der Waals surface area contributed by atoms with Gasteiger partial charge in [-0.2, -0.15) is 0 Å². The van der Waals surface area contributed by atoms with E-state index in [0.29, 0.717) is 0 Å². The smallest absolute Gasteiger partial charge is 0.0485 e. The molecule has 8 bridgehead atoms. The first kappa shape index (κ1) is 33.9. The predicted octanol–water partition coefficient (Wildman–Crippen LogP) is 7.76. The SMILES string of the molecule is Cc1ccc(N(c2ccc(C)cc2)c2ccc(C3=c4ccc([nH]4)=C(c4ccncc4)c4ccc([nH]4)C=c4ccc([nH]4)=C(c4ccncc4)c4ccc3[nH]4)cc2)cc1. The molecule has 0 saturated heterocycles. The number of aromatic amines is 4. The first-order valence-electron chi connectivity index (χ1n) is 19.1. The minimum absolute atomic E-state index is 0.990. The zero-order chi connectivity index (χ0) is 38.3. The van der Waals surface area contributed by atoms with E-state index in [1.54, 1.807) is 0 Å². The molecule has 7 heteroatoms. The molecular weight excluding hydrogens is 699 g/mol. The Labute approximate surface area is 329 Å². The minimum atomic E-state index is 0.990. The minimum Gasteiger partial charge on any atom is -0.355 e. The number of aryl methyl sites for hydroxylation is 2. The van der Waals surface area contributed by atoms with Crippen molar-refractivity contribution in [3.05, 3.63) is 242 Å². The maximum Gasteiger partial charge on any atom is 0.0485 e. The number of aromatic nitrogens is 6. The van der Waals surface area contributed by atoms with Crippen molar-refractivity contribution in [2.45, 2.75) is 13.8 Å². The van der Waals surface area contributed by atoms with Crippen LogP contribution in [0.4, 0.5) is 17.1 Å². The average Bonchev–Trinajstić information content (AvgIpc) is 4.09. The van der Waals surface area contributed by atoms with Crippen molar-refractivity contribution < 1.29 is 0 Å². The molecule has 274 valence electrons. The molecule has 57 heavy (non-hydrogen) atoms. The third kappa shape index (κ3) is 6.51. The molecule has 3 aromatic carbocycles. The second-order valence-electron chi connectivity index (χ2n) is 14.5. The fourth-order valence-electron chi connectivity index (χ4n) is 7.84. The van der Waals surface area contributed by atoms with Crippen molar-refractivity contribution in [2.24, 2.45) is 0 Å². The summed E-state index contributed by atoms with van der Waals surface area (Å²) >= 11 is 0. The second kappa shape index (κ2) is 14.2. The maximum absolute atomic E-state index is 4.32. The van der Waals surface area contributed by atoms with Crippen LogP contribution in [0.25, 0.3) is 22.8 Å². The van der Waals surface area contributed by atoms with Gasteiger partial charge in [-0.1, -0.05) is 47.5 Å². The van der Waals surface area contributed by atoms with Crippen molar-refractivity contribution in [1.82, 2.24) is 29.9 Å². The summed E-state index contributed by atoms with van der Waals surface area (Å²) in [6, 6.07) is 51.8. The van der Waals surface area contributed by atoms with Gasteiger partial charge in [-0.25, -0.2) is 0 Å². The third-order valence-corrected chi connectivity index (χ3v) is 10.7. The first-order valence-corrected chi connectivity index (χ1v) is 19.1. The first-order chi connectivity index (χ1) is 28.0. The van der Waals surface area contributed by atoms with Crippen LogP contribution >= 0.6 is 0 Å². The number of nitrogens with zero attached hydrogens (tertiary/aromatic N) is 3. The highest BCUT2D eigenvalue weighted by Crippen LogP contribution is 2.36. The van der Waals surface area contributed by atoms with Crippen molar-refractivity contribution in [2.75, 3.05) is 4.90 Å². The Morgan fingerprint density at radius 2 is 0.789 bits per heavy atom. The fourth-order valence-corrected chi connectivity index (χ4v) is 7.84.